The van der Waals surface area contributed by atoms with Crippen LogP contribution in [0.5, 0.6) is 0 Å². The summed E-state index contributed by atoms with van der Waals surface area (Å²) < 4.78 is 1.90. The van der Waals surface area contributed by atoms with E-state index < -0.39 is 0 Å². The van der Waals surface area contributed by atoms with E-state index in [1.54, 1.807) is 18.0 Å². The fourth-order valence-corrected chi connectivity index (χ4v) is 5.17. The number of tetrazole rings is 1. The molecule has 1 N–H and O–H groups in total. The zero-order valence-corrected chi connectivity index (χ0v) is 25.7. The van der Waals surface area contributed by atoms with Gasteiger partial charge in [0.05, 0.1) is 19.3 Å². The maximum atomic E-state index is 13.7. The van der Waals surface area contributed by atoms with Crippen molar-refractivity contribution in [3.8, 4) is 0 Å². The molecule has 4 aromatic rings. The van der Waals surface area contributed by atoms with Gasteiger partial charge in [0.25, 0.3) is 5.91 Å². The molecule has 0 radical (unpaired) electrons. The summed E-state index contributed by atoms with van der Waals surface area (Å²) in [6.45, 7) is 12.4. The number of hydrogen-bond donors (Lipinski definition) is 1. The van der Waals surface area contributed by atoms with Gasteiger partial charge in [0, 0.05) is 35.4 Å². The van der Waals surface area contributed by atoms with E-state index in [4.69, 9.17) is 0 Å². The summed E-state index contributed by atoms with van der Waals surface area (Å²) in [4.78, 5) is 30.1. The number of carbonyl (C=O) groups is 2. The Morgan fingerprint density at radius 2 is 1.76 bits per heavy atom. The Hall–Kier alpha value is -3.56. The molecule has 9 nitrogen and oxygen atoms in total. The Morgan fingerprint density at radius 1 is 1.02 bits per heavy atom. The largest absolute Gasteiger partial charge is 0.331 e. The second-order valence-corrected chi connectivity index (χ2v) is 10.6. The van der Waals surface area contributed by atoms with Gasteiger partial charge in [0.1, 0.15) is 0 Å². The number of rotatable bonds is 13. The van der Waals surface area contributed by atoms with Crippen LogP contribution in [0.2, 0.25) is 0 Å². The fraction of sp³-hybridized carbons (Fsp3) is 0.452. The average Bonchev–Trinajstić information content (AvgIpc) is 3.55. The van der Waals surface area contributed by atoms with Crippen molar-refractivity contribution >= 4 is 29.6 Å². The molecular formula is C31H42ClN7O2. The molecule has 1 aromatic carbocycles. The minimum absolute atomic E-state index is 0. The fourth-order valence-electron chi connectivity index (χ4n) is 5.17. The Morgan fingerprint density at radius 3 is 2.34 bits per heavy atom. The average molecular weight is 580 g/mol. The number of benzene rings is 1. The number of hydrogen-bond acceptors (Lipinski definition) is 6. The van der Waals surface area contributed by atoms with Crippen LogP contribution in [-0.2, 0) is 26.4 Å². The van der Waals surface area contributed by atoms with Crippen LogP contribution in [-0.4, -0.2) is 60.3 Å². The molecule has 0 aliphatic rings. The van der Waals surface area contributed by atoms with E-state index in [0.29, 0.717) is 47.6 Å². The topological polar surface area (TPSA) is 97.4 Å². The lowest BCUT2D eigenvalue weighted by atomic mass is 9.95. The zero-order chi connectivity index (χ0) is 28.8. The number of nitrogens with one attached hydrogen (secondary N) is 1. The van der Waals surface area contributed by atoms with Crippen LogP contribution in [0.25, 0.3) is 5.52 Å². The van der Waals surface area contributed by atoms with E-state index in [9.17, 15) is 9.59 Å². The molecule has 0 fully saturated rings. The summed E-state index contributed by atoms with van der Waals surface area (Å²) in [7, 11) is 1.70. The van der Waals surface area contributed by atoms with Crippen LogP contribution in [0.1, 0.15) is 84.4 Å². The molecular weight excluding hydrogens is 538 g/mol. The van der Waals surface area contributed by atoms with Crippen LogP contribution in [0.15, 0.2) is 48.7 Å². The summed E-state index contributed by atoms with van der Waals surface area (Å²) in [5.74, 6) is 0.936. The lowest BCUT2D eigenvalue weighted by Crippen LogP contribution is -2.34. The number of aromatic nitrogens is 5. The first-order valence-corrected chi connectivity index (χ1v) is 14.3. The molecule has 0 saturated carbocycles. The van der Waals surface area contributed by atoms with E-state index in [1.807, 2.05) is 48.7 Å². The predicted octanol–water partition coefficient (Wildman–Crippen LogP) is 4.91. The highest BCUT2D eigenvalue weighted by atomic mass is 35.5. The lowest BCUT2D eigenvalue weighted by molar-refractivity contribution is 0.0748. The molecule has 1 amide bonds. The molecule has 41 heavy (non-hydrogen) atoms. The van der Waals surface area contributed by atoms with E-state index in [0.717, 1.165) is 30.5 Å². The molecule has 4 rings (SSSR count). The van der Waals surface area contributed by atoms with Crippen molar-refractivity contribution in [2.75, 3.05) is 13.1 Å². The number of carbonyl (C=O) groups excluding carboxylic acids is 2. The SMILES string of the molecule is CCNC(CCc1ccc(C(=O)c2c(CC)cc3cc(C(=O)N(CC)Cc4nnn(C)n4)ccn23)cc1)C(C)C.Cl. The van der Waals surface area contributed by atoms with Crippen LogP contribution in [0.4, 0.5) is 0 Å². The van der Waals surface area contributed by atoms with Crippen LogP contribution in [0, 0.1) is 5.92 Å². The molecule has 1 atom stereocenters. The van der Waals surface area contributed by atoms with Gasteiger partial charge in [-0.3, -0.25) is 9.59 Å². The van der Waals surface area contributed by atoms with Crippen LogP contribution >= 0.6 is 12.4 Å². The first-order valence-electron chi connectivity index (χ1n) is 14.3. The Bertz CT molecular complexity index is 1460. The zero-order valence-electron chi connectivity index (χ0n) is 24.9. The van der Waals surface area contributed by atoms with E-state index in [-0.39, 0.29) is 30.6 Å². The number of amides is 1. The van der Waals surface area contributed by atoms with Crippen molar-refractivity contribution in [2.45, 2.75) is 66.5 Å². The third-order valence-electron chi connectivity index (χ3n) is 7.48. The predicted molar refractivity (Wildman–Crippen MR) is 164 cm³/mol. The molecule has 0 aliphatic carbocycles. The van der Waals surface area contributed by atoms with Gasteiger partial charge < -0.3 is 14.6 Å². The maximum absolute atomic E-state index is 13.7. The Labute approximate surface area is 248 Å². The summed E-state index contributed by atoms with van der Waals surface area (Å²) in [5, 5.41) is 15.6. The molecule has 1 unspecified atom stereocenters. The highest BCUT2D eigenvalue weighted by Gasteiger charge is 2.22. The third-order valence-corrected chi connectivity index (χ3v) is 7.48. The standard InChI is InChI=1S/C31H41N7O2.ClH/c1-7-23-18-26-19-25(31(40)37(9-3)20-28-33-35-36(6)34-28)16-17-38(26)29(23)30(39)24-13-10-22(11-14-24)12-15-27(21(4)5)32-8-2;/h10-11,13-14,16-19,21,27,32H,7-9,12,15,20H2,1-6H3;1H. The first kappa shape index (κ1) is 32.0. The summed E-state index contributed by atoms with van der Waals surface area (Å²) in [6, 6.07) is 14.1. The van der Waals surface area contributed by atoms with Gasteiger partial charge >= 0.3 is 0 Å². The molecule has 0 spiro atoms. The molecule has 220 valence electrons. The molecule has 3 aromatic heterocycles. The summed E-state index contributed by atoms with van der Waals surface area (Å²) in [5.41, 5.74) is 4.88. The number of aryl methyl sites for hydroxylation is 3. The van der Waals surface area contributed by atoms with Crippen molar-refractivity contribution in [2.24, 2.45) is 13.0 Å². The molecule has 0 saturated heterocycles. The van der Waals surface area contributed by atoms with Crippen molar-refractivity contribution in [3.63, 3.8) is 0 Å². The van der Waals surface area contributed by atoms with Gasteiger partial charge in [-0.1, -0.05) is 52.0 Å². The summed E-state index contributed by atoms with van der Waals surface area (Å²) >= 11 is 0. The molecule has 0 aliphatic heterocycles. The van der Waals surface area contributed by atoms with E-state index in [2.05, 4.69) is 53.6 Å². The normalized spacial score (nSPS) is 12.0. The number of pyridine rings is 1. The lowest BCUT2D eigenvalue weighted by Gasteiger charge is -2.21. The van der Waals surface area contributed by atoms with Crippen molar-refractivity contribution < 1.29 is 9.59 Å². The van der Waals surface area contributed by atoms with Crippen LogP contribution < -0.4 is 5.32 Å². The number of ketones is 1. The van der Waals surface area contributed by atoms with Gasteiger partial charge in [-0.25, -0.2) is 0 Å². The number of fused-ring (bicyclic) bond motifs is 1. The van der Waals surface area contributed by atoms with Crippen molar-refractivity contribution in [1.82, 2.24) is 34.8 Å². The van der Waals surface area contributed by atoms with E-state index >= 15 is 0 Å². The highest BCUT2D eigenvalue weighted by Crippen LogP contribution is 2.23. The molecule has 3 heterocycles. The maximum Gasteiger partial charge on any atom is 0.254 e. The van der Waals surface area contributed by atoms with Crippen molar-refractivity contribution in [3.05, 3.63) is 82.4 Å². The van der Waals surface area contributed by atoms with Gasteiger partial charge in [-0.05, 0) is 73.2 Å². The highest BCUT2D eigenvalue weighted by molar-refractivity contribution is 6.10. The smallest absolute Gasteiger partial charge is 0.254 e. The Kier molecular flexibility index (Phi) is 11.2. The number of halogens is 1. The van der Waals surface area contributed by atoms with Gasteiger partial charge in [-0.2, -0.15) is 4.80 Å². The molecule has 10 heteroatoms. The quantitative estimate of drug-likeness (QED) is 0.226. The first-order chi connectivity index (χ1) is 19.2. The van der Waals surface area contributed by atoms with Crippen molar-refractivity contribution in [1.29, 1.82) is 0 Å². The molecule has 0 bridgehead atoms. The van der Waals surface area contributed by atoms with Gasteiger partial charge in [0.2, 0.25) is 5.78 Å². The number of nitrogens with zero attached hydrogens (tertiary/aromatic N) is 6. The van der Waals surface area contributed by atoms with Gasteiger partial charge in [0.15, 0.2) is 5.82 Å². The third kappa shape index (κ3) is 7.40. The summed E-state index contributed by atoms with van der Waals surface area (Å²) in [6.07, 6.45) is 4.57. The minimum Gasteiger partial charge on any atom is -0.331 e. The minimum atomic E-state index is -0.117. The monoisotopic (exact) mass is 579 g/mol. The second-order valence-electron chi connectivity index (χ2n) is 10.6. The van der Waals surface area contributed by atoms with Crippen LogP contribution in [0.3, 0.4) is 0 Å². The van der Waals surface area contributed by atoms with E-state index in [1.165, 1.54) is 10.4 Å². The Balaban J connectivity index is 0.00000462. The van der Waals surface area contributed by atoms with Gasteiger partial charge in [-0.15, -0.1) is 22.6 Å². The second kappa shape index (κ2) is 14.4.